The number of aromatic nitrogens is 3. The largest absolute Gasteiger partial charge is 0.456 e. The lowest BCUT2D eigenvalue weighted by Crippen LogP contribution is -2.01. The predicted molar refractivity (Wildman–Crippen MR) is 184 cm³/mol. The van der Waals surface area contributed by atoms with Gasteiger partial charge in [0.05, 0.1) is 0 Å². The second kappa shape index (κ2) is 10.2. The van der Waals surface area contributed by atoms with Crippen molar-refractivity contribution in [1.29, 1.82) is 0 Å². The van der Waals surface area contributed by atoms with E-state index in [2.05, 4.69) is 121 Å². The lowest BCUT2D eigenvalue weighted by molar-refractivity contribution is 0.669. The van der Waals surface area contributed by atoms with Crippen LogP contribution in [0.5, 0.6) is 0 Å². The quantitative estimate of drug-likeness (QED) is 0.209. The molecule has 0 aliphatic heterocycles. The van der Waals surface area contributed by atoms with Crippen molar-refractivity contribution < 1.29 is 4.42 Å². The number of hydrogen-bond acceptors (Lipinski definition) is 4. The first-order valence-electron chi connectivity index (χ1n) is 15.0. The monoisotopic (exact) mass is 575 g/mol. The van der Waals surface area contributed by atoms with Crippen molar-refractivity contribution in [2.45, 2.75) is 0 Å². The summed E-state index contributed by atoms with van der Waals surface area (Å²) in [4.78, 5) is 15.3. The lowest BCUT2D eigenvalue weighted by atomic mass is 10.00. The van der Waals surface area contributed by atoms with Crippen molar-refractivity contribution in [1.82, 2.24) is 15.0 Å². The van der Waals surface area contributed by atoms with Crippen LogP contribution in [0, 0.1) is 0 Å². The molecular formula is C41H25N3O. The summed E-state index contributed by atoms with van der Waals surface area (Å²) in [6.07, 6.45) is 0. The maximum absolute atomic E-state index is 6.21. The highest BCUT2D eigenvalue weighted by Crippen LogP contribution is 2.37. The van der Waals surface area contributed by atoms with Crippen molar-refractivity contribution in [3.63, 3.8) is 0 Å². The summed E-state index contributed by atoms with van der Waals surface area (Å²) in [6, 6.07) is 52.3. The Balaban J connectivity index is 1.24. The number of para-hydroxylation sites is 1. The fraction of sp³-hybridized carbons (Fsp3) is 0. The second-order valence-corrected chi connectivity index (χ2v) is 11.2. The molecule has 0 aliphatic carbocycles. The standard InChI is InChI=1S/C41H25N3O/c1-2-11-30-25-31(24-21-26(30)9-1)27-19-22-29(23-20-27)39-42-40(33-15-7-12-28-10-3-4-13-32(28)33)44-41(43-39)35-16-8-18-37-38(35)34-14-5-6-17-36(34)45-37/h1-25H. The fourth-order valence-electron chi connectivity index (χ4n) is 6.31. The maximum Gasteiger partial charge on any atom is 0.164 e. The number of nitrogens with zero attached hydrogens (tertiary/aromatic N) is 3. The summed E-state index contributed by atoms with van der Waals surface area (Å²) in [6.45, 7) is 0. The molecule has 0 saturated heterocycles. The van der Waals surface area contributed by atoms with Crippen molar-refractivity contribution >= 4 is 43.5 Å². The van der Waals surface area contributed by atoms with Crippen molar-refractivity contribution in [2.75, 3.05) is 0 Å². The first-order chi connectivity index (χ1) is 22.3. The average molecular weight is 576 g/mol. The summed E-state index contributed by atoms with van der Waals surface area (Å²) < 4.78 is 6.21. The molecule has 2 aromatic heterocycles. The van der Waals surface area contributed by atoms with Gasteiger partial charge in [-0.25, -0.2) is 15.0 Å². The maximum atomic E-state index is 6.21. The summed E-state index contributed by atoms with van der Waals surface area (Å²) in [7, 11) is 0. The summed E-state index contributed by atoms with van der Waals surface area (Å²) in [5.41, 5.74) is 6.77. The van der Waals surface area contributed by atoms with E-state index < -0.39 is 0 Å². The summed E-state index contributed by atoms with van der Waals surface area (Å²) in [5.74, 6) is 1.87. The average Bonchev–Trinajstić information content (AvgIpc) is 3.50. The first-order valence-corrected chi connectivity index (χ1v) is 15.0. The van der Waals surface area contributed by atoms with E-state index in [9.17, 15) is 0 Å². The third kappa shape index (κ3) is 4.35. The minimum Gasteiger partial charge on any atom is -0.456 e. The van der Waals surface area contributed by atoms with E-state index in [1.165, 1.54) is 16.3 Å². The predicted octanol–water partition coefficient (Wildman–Crippen LogP) is 10.7. The molecule has 210 valence electrons. The van der Waals surface area contributed by atoms with Crippen LogP contribution in [0.15, 0.2) is 156 Å². The molecule has 0 aliphatic rings. The molecule has 0 N–H and O–H groups in total. The van der Waals surface area contributed by atoms with Crippen LogP contribution in [0.25, 0.3) is 88.8 Å². The van der Waals surface area contributed by atoms with Crippen LogP contribution in [-0.2, 0) is 0 Å². The van der Waals surface area contributed by atoms with Gasteiger partial charge in [0.2, 0.25) is 0 Å². The molecule has 0 atom stereocenters. The Morgan fingerprint density at radius 3 is 1.80 bits per heavy atom. The third-order valence-corrected chi connectivity index (χ3v) is 8.54. The van der Waals surface area contributed by atoms with Crippen molar-refractivity contribution in [3.05, 3.63) is 152 Å². The molecule has 45 heavy (non-hydrogen) atoms. The highest BCUT2D eigenvalue weighted by molar-refractivity contribution is 6.11. The Labute approximate surface area is 259 Å². The van der Waals surface area contributed by atoms with Gasteiger partial charge < -0.3 is 4.42 Å². The van der Waals surface area contributed by atoms with Gasteiger partial charge in [-0.15, -0.1) is 0 Å². The zero-order valence-electron chi connectivity index (χ0n) is 24.2. The van der Waals surface area contributed by atoms with Gasteiger partial charge >= 0.3 is 0 Å². The first kappa shape index (κ1) is 25.4. The van der Waals surface area contributed by atoms with Crippen LogP contribution in [0.3, 0.4) is 0 Å². The summed E-state index contributed by atoms with van der Waals surface area (Å²) in [5, 5.41) is 6.74. The van der Waals surface area contributed by atoms with Gasteiger partial charge in [-0.2, -0.15) is 0 Å². The molecule has 9 aromatic rings. The number of fused-ring (bicyclic) bond motifs is 5. The Hall–Kier alpha value is -6.13. The van der Waals surface area contributed by atoms with Crippen LogP contribution in [-0.4, -0.2) is 15.0 Å². The molecule has 4 heteroatoms. The van der Waals surface area contributed by atoms with Gasteiger partial charge in [0.1, 0.15) is 11.2 Å². The van der Waals surface area contributed by atoms with Crippen LogP contribution < -0.4 is 0 Å². The number of hydrogen-bond donors (Lipinski definition) is 0. The highest BCUT2D eigenvalue weighted by Gasteiger charge is 2.18. The Kier molecular flexibility index (Phi) is 5.78. The number of furan rings is 1. The molecule has 0 spiro atoms. The molecule has 0 radical (unpaired) electrons. The van der Waals surface area contributed by atoms with E-state index in [4.69, 9.17) is 19.4 Å². The van der Waals surface area contributed by atoms with Gasteiger partial charge in [0.25, 0.3) is 0 Å². The molecule has 9 rings (SSSR count). The molecule has 2 heterocycles. The molecule has 0 unspecified atom stereocenters. The Morgan fingerprint density at radius 1 is 0.356 bits per heavy atom. The summed E-state index contributed by atoms with van der Waals surface area (Å²) >= 11 is 0. The molecular weight excluding hydrogens is 550 g/mol. The van der Waals surface area contributed by atoms with Crippen molar-refractivity contribution in [2.24, 2.45) is 0 Å². The van der Waals surface area contributed by atoms with E-state index in [0.717, 1.165) is 55.0 Å². The molecule has 7 aromatic carbocycles. The Morgan fingerprint density at radius 2 is 0.933 bits per heavy atom. The normalized spacial score (nSPS) is 11.6. The van der Waals surface area contributed by atoms with Crippen LogP contribution in [0.4, 0.5) is 0 Å². The molecule has 4 nitrogen and oxygen atoms in total. The van der Waals surface area contributed by atoms with Gasteiger partial charge in [-0.1, -0.05) is 133 Å². The zero-order chi connectivity index (χ0) is 29.7. The van der Waals surface area contributed by atoms with Crippen molar-refractivity contribution in [3.8, 4) is 45.3 Å². The zero-order valence-corrected chi connectivity index (χ0v) is 24.2. The Bertz CT molecular complexity index is 2540. The van der Waals surface area contributed by atoms with Crippen LogP contribution in [0.1, 0.15) is 0 Å². The molecule has 0 fully saturated rings. The van der Waals surface area contributed by atoms with Gasteiger partial charge in [0.15, 0.2) is 17.5 Å². The smallest absolute Gasteiger partial charge is 0.164 e. The third-order valence-electron chi connectivity index (χ3n) is 8.54. The van der Waals surface area contributed by atoms with Gasteiger partial charge in [-0.05, 0) is 50.9 Å². The van der Waals surface area contributed by atoms with Gasteiger partial charge in [0, 0.05) is 27.5 Å². The highest BCUT2D eigenvalue weighted by atomic mass is 16.3. The minimum absolute atomic E-state index is 0.610. The van der Waals surface area contributed by atoms with E-state index in [1.807, 2.05) is 30.3 Å². The number of benzene rings is 7. The van der Waals surface area contributed by atoms with Gasteiger partial charge in [-0.3, -0.25) is 0 Å². The van der Waals surface area contributed by atoms with Crippen LogP contribution >= 0.6 is 0 Å². The molecule has 0 bridgehead atoms. The van der Waals surface area contributed by atoms with E-state index in [1.54, 1.807) is 0 Å². The molecule has 0 amide bonds. The number of rotatable bonds is 4. The van der Waals surface area contributed by atoms with E-state index >= 15 is 0 Å². The SMILES string of the molecule is c1ccc2cc(-c3ccc(-c4nc(-c5cccc6ccccc56)nc(-c5cccc6oc7ccccc7c56)n4)cc3)ccc2c1. The van der Waals surface area contributed by atoms with Crippen LogP contribution in [0.2, 0.25) is 0 Å². The van der Waals surface area contributed by atoms with E-state index in [0.29, 0.717) is 17.5 Å². The topological polar surface area (TPSA) is 51.8 Å². The second-order valence-electron chi connectivity index (χ2n) is 11.2. The molecule has 0 saturated carbocycles. The van der Waals surface area contributed by atoms with E-state index in [-0.39, 0.29) is 0 Å². The lowest BCUT2D eigenvalue weighted by Gasteiger charge is -2.11. The minimum atomic E-state index is 0.610. The fourth-order valence-corrected chi connectivity index (χ4v) is 6.31.